The van der Waals surface area contributed by atoms with E-state index in [1.165, 1.54) is 24.3 Å². The molecule has 96 valence electrons. The molecule has 1 aromatic carbocycles. The van der Waals surface area contributed by atoms with Crippen LogP contribution in [0.5, 0.6) is 0 Å². The Hall–Kier alpha value is -1.16. The van der Waals surface area contributed by atoms with Crippen LogP contribution >= 0.6 is 0 Å². The second-order valence-electron chi connectivity index (χ2n) is 3.38. The van der Waals surface area contributed by atoms with Crippen molar-refractivity contribution in [2.75, 3.05) is 11.5 Å². The van der Waals surface area contributed by atoms with Gasteiger partial charge in [0.1, 0.15) is 5.25 Å². The predicted octanol–water partition coefficient (Wildman–Crippen LogP) is 0.0855. The fourth-order valence-electron chi connectivity index (χ4n) is 1.33. The predicted molar refractivity (Wildman–Crippen MR) is 61.6 cm³/mol. The molecule has 0 saturated heterocycles. The number of rotatable bonds is 4. The van der Waals surface area contributed by atoms with E-state index in [2.05, 4.69) is 0 Å². The maximum atomic E-state index is 11.1. The lowest BCUT2D eigenvalue weighted by Crippen LogP contribution is -2.22. The third-order valence-electron chi connectivity index (χ3n) is 2.06. The minimum atomic E-state index is -4.69. The summed E-state index contributed by atoms with van der Waals surface area (Å²) in [5.74, 6) is -1.15. The summed E-state index contributed by atoms with van der Waals surface area (Å²) >= 11 is 0. The van der Waals surface area contributed by atoms with E-state index in [1.807, 2.05) is 0 Å². The van der Waals surface area contributed by atoms with E-state index < -0.39 is 31.2 Å². The zero-order valence-corrected chi connectivity index (χ0v) is 10.1. The summed E-state index contributed by atoms with van der Waals surface area (Å²) in [6.45, 7) is 0. The molecule has 1 aromatic rings. The average Bonchev–Trinajstić information content (AvgIpc) is 2.12. The Kier molecular flexibility index (Phi) is 3.77. The van der Waals surface area contributed by atoms with Crippen LogP contribution in [0.2, 0.25) is 0 Å². The Labute approximate surface area is 98.8 Å². The van der Waals surface area contributed by atoms with E-state index in [4.69, 9.17) is 14.8 Å². The van der Waals surface area contributed by atoms with Crippen molar-refractivity contribution in [1.82, 2.24) is 0 Å². The van der Waals surface area contributed by atoms with Crippen LogP contribution in [0, 0.1) is 0 Å². The van der Waals surface area contributed by atoms with E-state index in [0.717, 1.165) is 0 Å². The van der Waals surface area contributed by atoms with Gasteiger partial charge in [0.25, 0.3) is 20.2 Å². The van der Waals surface area contributed by atoms with Gasteiger partial charge in [0.15, 0.2) is 0 Å². The maximum absolute atomic E-state index is 11.1. The van der Waals surface area contributed by atoms with Crippen LogP contribution in [0.3, 0.4) is 0 Å². The molecular formula is C8H11NO6S2. The summed E-state index contributed by atoms with van der Waals surface area (Å²) in [4.78, 5) is 0. The second kappa shape index (κ2) is 4.61. The largest absolute Gasteiger partial charge is 0.398 e. The van der Waals surface area contributed by atoms with E-state index in [9.17, 15) is 16.8 Å². The van der Waals surface area contributed by atoms with Gasteiger partial charge in [-0.15, -0.1) is 0 Å². The van der Waals surface area contributed by atoms with Crippen LogP contribution in [-0.4, -0.2) is 31.7 Å². The van der Waals surface area contributed by atoms with Crippen LogP contribution in [0.4, 0.5) is 5.69 Å². The lowest BCUT2D eigenvalue weighted by atomic mass is 10.1. The van der Waals surface area contributed by atoms with Gasteiger partial charge in [-0.3, -0.25) is 9.11 Å². The molecular weight excluding hydrogens is 270 g/mol. The lowest BCUT2D eigenvalue weighted by molar-refractivity contribution is 0.459. The Bertz CT molecular complexity index is 607. The summed E-state index contributed by atoms with van der Waals surface area (Å²) in [5.41, 5.74) is 5.42. The van der Waals surface area contributed by atoms with Crippen molar-refractivity contribution in [2.24, 2.45) is 0 Å². The quantitative estimate of drug-likeness (QED) is 0.525. The zero-order valence-electron chi connectivity index (χ0n) is 8.52. The molecule has 0 spiro atoms. The first kappa shape index (κ1) is 13.9. The molecule has 9 heteroatoms. The second-order valence-corrected chi connectivity index (χ2v) is 6.48. The van der Waals surface area contributed by atoms with Crippen molar-refractivity contribution >= 4 is 25.9 Å². The highest BCUT2D eigenvalue weighted by molar-refractivity contribution is 7.89. The molecule has 0 aromatic heterocycles. The van der Waals surface area contributed by atoms with Gasteiger partial charge in [0.2, 0.25) is 0 Å². The van der Waals surface area contributed by atoms with Crippen molar-refractivity contribution in [2.45, 2.75) is 5.25 Å². The Balaban J connectivity index is 3.32. The monoisotopic (exact) mass is 281 g/mol. The van der Waals surface area contributed by atoms with E-state index >= 15 is 0 Å². The molecule has 4 N–H and O–H groups in total. The molecule has 0 heterocycles. The summed E-state index contributed by atoms with van der Waals surface area (Å²) in [6.07, 6.45) is 0. The minimum Gasteiger partial charge on any atom is -0.398 e. The van der Waals surface area contributed by atoms with E-state index in [0.29, 0.717) is 0 Å². The van der Waals surface area contributed by atoms with Gasteiger partial charge in [0.05, 0.1) is 5.75 Å². The van der Waals surface area contributed by atoms with Gasteiger partial charge < -0.3 is 5.73 Å². The standard InChI is InChI=1S/C8H11NO6S2/c9-7-4-2-1-3-6(7)8(17(13,14)15)5-16(10,11)12/h1-4,8H,5,9H2,(H,10,11,12)(H,13,14,15). The first-order valence-electron chi connectivity index (χ1n) is 4.37. The first-order chi connectivity index (χ1) is 7.61. The SMILES string of the molecule is Nc1ccccc1C(CS(=O)(=O)O)S(=O)(=O)O. The molecule has 0 radical (unpaired) electrons. The topological polar surface area (TPSA) is 135 Å². The van der Waals surface area contributed by atoms with Gasteiger partial charge in [-0.25, -0.2) is 0 Å². The number of para-hydroxylation sites is 1. The molecule has 0 amide bonds. The molecule has 1 rings (SSSR count). The zero-order chi connectivity index (χ0) is 13.3. The number of benzene rings is 1. The number of nitrogens with two attached hydrogens (primary N) is 1. The van der Waals surface area contributed by atoms with Crippen molar-refractivity contribution in [1.29, 1.82) is 0 Å². The lowest BCUT2D eigenvalue weighted by Gasteiger charge is -2.14. The van der Waals surface area contributed by atoms with Crippen molar-refractivity contribution in [3.63, 3.8) is 0 Å². The minimum absolute atomic E-state index is 0.0128. The smallest absolute Gasteiger partial charge is 0.273 e. The molecule has 0 aliphatic carbocycles. The van der Waals surface area contributed by atoms with Gasteiger partial charge in [-0.2, -0.15) is 16.8 Å². The highest BCUT2D eigenvalue weighted by atomic mass is 32.2. The number of nitrogen functional groups attached to an aromatic ring is 1. The Morgan fingerprint density at radius 1 is 1.12 bits per heavy atom. The van der Waals surface area contributed by atoms with Crippen molar-refractivity contribution in [3.05, 3.63) is 29.8 Å². The van der Waals surface area contributed by atoms with Crippen LogP contribution in [0.25, 0.3) is 0 Å². The van der Waals surface area contributed by atoms with Crippen LogP contribution in [0.1, 0.15) is 10.8 Å². The highest BCUT2D eigenvalue weighted by Crippen LogP contribution is 2.27. The summed E-state index contributed by atoms with van der Waals surface area (Å²) in [5, 5.41) is -1.81. The molecule has 7 nitrogen and oxygen atoms in total. The number of hydrogen-bond acceptors (Lipinski definition) is 5. The van der Waals surface area contributed by atoms with Crippen LogP contribution in [-0.2, 0) is 20.2 Å². The fourth-order valence-corrected chi connectivity index (χ4v) is 3.63. The Morgan fingerprint density at radius 2 is 1.65 bits per heavy atom. The van der Waals surface area contributed by atoms with Gasteiger partial charge in [-0.05, 0) is 11.6 Å². The molecule has 0 aliphatic rings. The Morgan fingerprint density at radius 3 is 2.06 bits per heavy atom. The molecule has 0 aliphatic heterocycles. The van der Waals surface area contributed by atoms with Gasteiger partial charge in [-0.1, -0.05) is 18.2 Å². The van der Waals surface area contributed by atoms with Crippen molar-refractivity contribution < 1.29 is 25.9 Å². The molecule has 1 atom stereocenters. The third-order valence-corrected chi connectivity index (χ3v) is 4.17. The molecule has 0 saturated carbocycles. The first-order valence-corrected chi connectivity index (χ1v) is 7.48. The maximum Gasteiger partial charge on any atom is 0.273 e. The van der Waals surface area contributed by atoms with Gasteiger partial charge in [0, 0.05) is 5.69 Å². The van der Waals surface area contributed by atoms with Crippen molar-refractivity contribution in [3.8, 4) is 0 Å². The fraction of sp³-hybridized carbons (Fsp3) is 0.250. The summed E-state index contributed by atoms with van der Waals surface area (Å²) in [6, 6.07) is 5.58. The van der Waals surface area contributed by atoms with E-state index in [-0.39, 0.29) is 11.3 Å². The molecule has 1 unspecified atom stereocenters. The molecule has 0 fully saturated rings. The van der Waals surface area contributed by atoms with Crippen LogP contribution < -0.4 is 5.73 Å². The summed E-state index contributed by atoms with van der Waals surface area (Å²) < 4.78 is 61.2. The van der Waals surface area contributed by atoms with Gasteiger partial charge >= 0.3 is 0 Å². The number of hydrogen-bond donors (Lipinski definition) is 3. The molecule has 17 heavy (non-hydrogen) atoms. The normalized spacial score (nSPS) is 14.5. The van der Waals surface area contributed by atoms with E-state index in [1.54, 1.807) is 0 Å². The third kappa shape index (κ3) is 3.97. The summed E-state index contributed by atoms with van der Waals surface area (Å²) in [7, 11) is -9.26. The average molecular weight is 281 g/mol. The highest BCUT2D eigenvalue weighted by Gasteiger charge is 2.31. The van der Waals surface area contributed by atoms with Crippen LogP contribution in [0.15, 0.2) is 24.3 Å². The molecule has 0 bridgehead atoms. The number of anilines is 1.